The molecule has 0 radical (unpaired) electrons. The second-order valence-electron chi connectivity index (χ2n) is 6.95. The van der Waals surface area contributed by atoms with Gasteiger partial charge in [0, 0.05) is 19.7 Å². The molecule has 0 unspecified atom stereocenters. The minimum Gasteiger partial charge on any atom is -0.467 e. The van der Waals surface area contributed by atoms with Crippen LogP contribution in [0.1, 0.15) is 40.3 Å². The van der Waals surface area contributed by atoms with Crippen LogP contribution in [0.3, 0.4) is 0 Å². The molecule has 1 aliphatic heterocycles. The predicted molar refractivity (Wildman–Crippen MR) is 106 cm³/mol. The predicted octanol–water partition coefficient (Wildman–Crippen LogP) is 2.16. The van der Waals surface area contributed by atoms with E-state index in [1.807, 2.05) is 26.0 Å². The second-order valence-corrected chi connectivity index (χ2v) is 6.95. The van der Waals surface area contributed by atoms with Crippen LogP contribution in [0.2, 0.25) is 0 Å². The Hall–Kier alpha value is -4.13. The van der Waals surface area contributed by atoms with Gasteiger partial charge in [-0.25, -0.2) is 9.97 Å². The molecule has 1 aliphatic rings. The van der Waals surface area contributed by atoms with E-state index in [1.54, 1.807) is 13.1 Å². The molecule has 0 saturated heterocycles. The Balaban J connectivity index is 1.99. The molecule has 30 heavy (non-hydrogen) atoms. The van der Waals surface area contributed by atoms with Crippen LogP contribution in [0, 0.1) is 18.3 Å². The van der Waals surface area contributed by atoms with Gasteiger partial charge in [0.25, 0.3) is 5.88 Å². The molecule has 10 nitrogen and oxygen atoms in total. The van der Waals surface area contributed by atoms with E-state index in [0.717, 1.165) is 10.6 Å². The van der Waals surface area contributed by atoms with Crippen molar-refractivity contribution in [1.29, 1.82) is 5.26 Å². The van der Waals surface area contributed by atoms with Crippen LogP contribution in [0.4, 0.5) is 5.82 Å². The minimum absolute atomic E-state index is 0.00357. The molecule has 0 saturated carbocycles. The SMILES string of the molecule is Cc1ccc2c(c1)[C@@H](C)Oc1nc(cnc1N)-c1c(nn(C)c1C#N)C(=O)N(C)O2. The number of amides is 1. The summed E-state index contributed by atoms with van der Waals surface area (Å²) in [5.41, 5.74) is 8.32. The number of ether oxygens (including phenoxy) is 1. The third kappa shape index (κ3) is 3.06. The maximum atomic E-state index is 13.2. The summed E-state index contributed by atoms with van der Waals surface area (Å²) in [6.07, 6.45) is 0.880. The van der Waals surface area contributed by atoms with Crippen molar-refractivity contribution < 1.29 is 14.4 Å². The van der Waals surface area contributed by atoms with Crippen molar-refractivity contribution in [2.24, 2.45) is 7.05 Å². The van der Waals surface area contributed by atoms with Crippen molar-refractivity contribution >= 4 is 11.7 Å². The minimum atomic E-state index is -0.539. The monoisotopic (exact) mass is 405 g/mol. The van der Waals surface area contributed by atoms with Crippen molar-refractivity contribution in [2.75, 3.05) is 12.8 Å². The Kier molecular flexibility index (Phi) is 4.50. The average molecular weight is 405 g/mol. The molecule has 4 rings (SSSR count). The number of hydrogen-bond donors (Lipinski definition) is 1. The number of rotatable bonds is 0. The van der Waals surface area contributed by atoms with Gasteiger partial charge in [-0.2, -0.15) is 15.4 Å². The molecule has 1 atom stereocenters. The Morgan fingerprint density at radius 3 is 2.80 bits per heavy atom. The Morgan fingerprint density at radius 2 is 2.07 bits per heavy atom. The van der Waals surface area contributed by atoms with E-state index in [9.17, 15) is 10.1 Å². The maximum absolute atomic E-state index is 13.2. The molecule has 1 amide bonds. The number of benzene rings is 1. The summed E-state index contributed by atoms with van der Waals surface area (Å²) in [4.78, 5) is 27.6. The van der Waals surface area contributed by atoms with Gasteiger partial charge in [0.15, 0.2) is 17.3 Å². The maximum Gasteiger partial charge on any atom is 0.307 e. The quantitative estimate of drug-likeness (QED) is 0.602. The molecule has 2 bridgehead atoms. The van der Waals surface area contributed by atoms with E-state index in [0.29, 0.717) is 11.3 Å². The lowest BCUT2D eigenvalue weighted by Gasteiger charge is -2.23. The number of nitrogens with zero attached hydrogens (tertiary/aromatic N) is 6. The fraction of sp³-hybridized carbons (Fsp3) is 0.250. The lowest BCUT2D eigenvalue weighted by Crippen LogP contribution is -2.31. The molecule has 3 aromatic rings. The first kappa shape index (κ1) is 19.2. The van der Waals surface area contributed by atoms with Crippen LogP contribution in [0.25, 0.3) is 11.3 Å². The highest BCUT2D eigenvalue weighted by Gasteiger charge is 2.30. The molecule has 0 fully saturated rings. The summed E-state index contributed by atoms with van der Waals surface area (Å²) in [5, 5.41) is 14.9. The van der Waals surface area contributed by atoms with Crippen molar-refractivity contribution in [3.8, 4) is 29.0 Å². The molecule has 3 heterocycles. The highest BCUT2D eigenvalue weighted by atomic mass is 16.7. The van der Waals surface area contributed by atoms with Gasteiger partial charge >= 0.3 is 5.91 Å². The van der Waals surface area contributed by atoms with Gasteiger partial charge in [0.1, 0.15) is 17.9 Å². The third-order valence-corrected chi connectivity index (χ3v) is 4.79. The van der Waals surface area contributed by atoms with E-state index in [-0.39, 0.29) is 34.3 Å². The number of nitrogens with two attached hydrogens (primary N) is 1. The van der Waals surface area contributed by atoms with Gasteiger partial charge in [-0.05, 0) is 26.0 Å². The third-order valence-electron chi connectivity index (χ3n) is 4.79. The topological polar surface area (TPSA) is 132 Å². The largest absolute Gasteiger partial charge is 0.467 e. The van der Waals surface area contributed by atoms with Gasteiger partial charge in [-0.3, -0.25) is 9.48 Å². The van der Waals surface area contributed by atoms with Gasteiger partial charge in [0.2, 0.25) is 0 Å². The Labute approximate surface area is 172 Å². The van der Waals surface area contributed by atoms with Crippen molar-refractivity contribution in [1.82, 2.24) is 24.8 Å². The fourth-order valence-corrected chi connectivity index (χ4v) is 3.27. The molecular weight excluding hydrogens is 386 g/mol. The van der Waals surface area contributed by atoms with Crippen LogP contribution in [-0.4, -0.2) is 37.8 Å². The van der Waals surface area contributed by atoms with Crippen LogP contribution >= 0.6 is 0 Å². The summed E-state index contributed by atoms with van der Waals surface area (Å²) >= 11 is 0. The number of carbonyl (C=O) groups excluding carboxylic acids is 1. The van der Waals surface area contributed by atoms with E-state index in [2.05, 4.69) is 21.1 Å². The molecule has 2 aromatic heterocycles. The zero-order valence-electron chi connectivity index (χ0n) is 16.9. The van der Waals surface area contributed by atoms with Crippen molar-refractivity contribution in [3.05, 3.63) is 46.9 Å². The number of anilines is 1. The lowest BCUT2D eigenvalue weighted by molar-refractivity contribution is -0.0161. The van der Waals surface area contributed by atoms with Gasteiger partial charge in [-0.1, -0.05) is 11.6 Å². The Bertz CT molecular complexity index is 1210. The number of nitrogen functional groups attached to an aromatic ring is 1. The summed E-state index contributed by atoms with van der Waals surface area (Å²) < 4.78 is 7.32. The molecular formula is C20H19N7O3. The first-order chi connectivity index (χ1) is 14.3. The first-order valence-electron chi connectivity index (χ1n) is 9.13. The number of aryl methyl sites for hydroxylation is 2. The van der Waals surface area contributed by atoms with Crippen LogP contribution in [0.5, 0.6) is 11.6 Å². The number of hydrogen-bond acceptors (Lipinski definition) is 8. The molecule has 1 aromatic carbocycles. The highest BCUT2D eigenvalue weighted by Crippen LogP contribution is 2.35. The normalized spacial score (nSPS) is 15.6. The van der Waals surface area contributed by atoms with E-state index in [1.165, 1.54) is 17.9 Å². The molecule has 152 valence electrons. The van der Waals surface area contributed by atoms with E-state index in [4.69, 9.17) is 15.3 Å². The average Bonchev–Trinajstić information content (AvgIpc) is 3.05. The van der Waals surface area contributed by atoms with Gasteiger partial charge in [0.05, 0.1) is 17.5 Å². The van der Waals surface area contributed by atoms with Crippen molar-refractivity contribution in [3.63, 3.8) is 0 Å². The Morgan fingerprint density at radius 1 is 1.30 bits per heavy atom. The fourth-order valence-electron chi connectivity index (χ4n) is 3.27. The number of hydroxylamine groups is 2. The van der Waals surface area contributed by atoms with E-state index >= 15 is 0 Å². The zero-order valence-corrected chi connectivity index (χ0v) is 16.9. The number of carbonyl (C=O) groups is 1. The summed E-state index contributed by atoms with van der Waals surface area (Å²) in [6, 6.07) is 7.58. The number of aromatic nitrogens is 4. The van der Waals surface area contributed by atoms with Gasteiger partial charge < -0.3 is 15.3 Å². The summed E-state index contributed by atoms with van der Waals surface area (Å²) in [7, 11) is 3.05. The van der Waals surface area contributed by atoms with E-state index < -0.39 is 12.0 Å². The first-order valence-corrected chi connectivity index (χ1v) is 9.13. The number of fused-ring (bicyclic) bond motifs is 5. The summed E-state index contributed by atoms with van der Waals surface area (Å²) in [5.74, 6) is 0.0749. The zero-order chi connectivity index (χ0) is 21.6. The van der Waals surface area contributed by atoms with Crippen LogP contribution in [-0.2, 0) is 7.05 Å². The van der Waals surface area contributed by atoms with Gasteiger partial charge in [-0.15, -0.1) is 0 Å². The molecule has 10 heteroatoms. The second kappa shape index (κ2) is 7.04. The highest BCUT2D eigenvalue weighted by molar-refractivity contribution is 5.99. The lowest BCUT2D eigenvalue weighted by atomic mass is 10.1. The smallest absolute Gasteiger partial charge is 0.307 e. The van der Waals surface area contributed by atoms with Crippen LogP contribution < -0.4 is 15.3 Å². The number of nitriles is 1. The molecule has 2 N–H and O–H groups in total. The van der Waals surface area contributed by atoms with Crippen molar-refractivity contribution in [2.45, 2.75) is 20.0 Å². The summed E-state index contributed by atoms with van der Waals surface area (Å²) in [6.45, 7) is 3.76. The molecule has 0 spiro atoms. The van der Waals surface area contributed by atoms with Crippen LogP contribution in [0.15, 0.2) is 24.4 Å². The molecule has 0 aliphatic carbocycles. The standard InChI is InChI=1S/C20H19N7O3/c1-10-5-6-15-12(7-10)11(2)29-19-18(22)23-9-13(24-19)16-14(8-21)26(3)25-17(16)20(28)27(4)30-15/h5-7,9,11H,1-4H3,(H2,22,23)/t11-/m1/s1.